The molecular formula is C21H23N3O3. The van der Waals surface area contributed by atoms with E-state index in [1.54, 1.807) is 4.90 Å². The third-order valence-corrected chi connectivity index (χ3v) is 5.01. The fraction of sp³-hybridized carbons (Fsp3) is 0.333. The van der Waals surface area contributed by atoms with Gasteiger partial charge in [0.2, 0.25) is 5.91 Å². The van der Waals surface area contributed by atoms with Crippen LogP contribution in [0, 0.1) is 12.8 Å². The molecule has 0 radical (unpaired) electrons. The van der Waals surface area contributed by atoms with Crippen LogP contribution < -0.4 is 15.4 Å². The van der Waals surface area contributed by atoms with Crippen LogP contribution >= 0.6 is 0 Å². The van der Waals surface area contributed by atoms with Gasteiger partial charge < -0.3 is 20.3 Å². The van der Waals surface area contributed by atoms with Gasteiger partial charge in [0.05, 0.1) is 6.61 Å². The van der Waals surface area contributed by atoms with Crippen molar-refractivity contribution in [1.29, 1.82) is 0 Å². The van der Waals surface area contributed by atoms with E-state index in [4.69, 9.17) is 4.74 Å². The maximum absolute atomic E-state index is 12.2. The molecule has 4 rings (SSSR count). The molecule has 2 aliphatic rings. The molecule has 2 heterocycles. The van der Waals surface area contributed by atoms with Crippen molar-refractivity contribution in [1.82, 2.24) is 4.90 Å². The van der Waals surface area contributed by atoms with E-state index in [-0.39, 0.29) is 11.9 Å². The lowest BCUT2D eigenvalue weighted by molar-refractivity contribution is -0.116. The quantitative estimate of drug-likeness (QED) is 0.872. The Kier molecular flexibility index (Phi) is 4.71. The molecule has 2 N–H and O–H groups in total. The highest BCUT2D eigenvalue weighted by atomic mass is 16.5. The molecule has 6 heteroatoms. The zero-order valence-corrected chi connectivity index (χ0v) is 15.3. The maximum Gasteiger partial charge on any atom is 0.321 e. The van der Waals surface area contributed by atoms with Crippen molar-refractivity contribution >= 4 is 23.3 Å². The Balaban J connectivity index is 1.23. The van der Waals surface area contributed by atoms with E-state index >= 15 is 0 Å². The Bertz CT molecular complexity index is 857. The summed E-state index contributed by atoms with van der Waals surface area (Å²) in [5.41, 5.74) is 3.96. The molecule has 140 valence electrons. The minimum Gasteiger partial charge on any atom is -0.493 e. The number of ether oxygens (including phenoxy) is 1. The van der Waals surface area contributed by atoms with Crippen LogP contribution in [0.2, 0.25) is 0 Å². The molecule has 3 amide bonds. The third-order valence-electron chi connectivity index (χ3n) is 5.01. The summed E-state index contributed by atoms with van der Waals surface area (Å²) in [5.74, 6) is 1.21. The summed E-state index contributed by atoms with van der Waals surface area (Å²) < 4.78 is 5.89. The number of fused-ring (bicyclic) bond motifs is 1. The lowest BCUT2D eigenvalue weighted by Gasteiger charge is -2.38. The number of nitrogens with one attached hydrogen (secondary N) is 2. The Morgan fingerprint density at radius 2 is 1.96 bits per heavy atom. The van der Waals surface area contributed by atoms with Crippen LogP contribution in [-0.4, -0.2) is 36.5 Å². The first kappa shape index (κ1) is 17.4. The zero-order chi connectivity index (χ0) is 18.8. The largest absolute Gasteiger partial charge is 0.493 e. The smallest absolute Gasteiger partial charge is 0.321 e. The van der Waals surface area contributed by atoms with E-state index in [0.717, 1.165) is 29.1 Å². The number of likely N-dealkylation sites (tertiary alicyclic amines) is 1. The number of hydrogen-bond acceptors (Lipinski definition) is 3. The molecule has 6 nitrogen and oxygen atoms in total. The average Bonchev–Trinajstić information content (AvgIpc) is 2.62. The molecule has 2 aliphatic heterocycles. The Morgan fingerprint density at radius 3 is 2.74 bits per heavy atom. The van der Waals surface area contributed by atoms with Crippen molar-refractivity contribution in [3.8, 4) is 5.75 Å². The van der Waals surface area contributed by atoms with Gasteiger partial charge in [-0.3, -0.25) is 4.79 Å². The minimum atomic E-state index is -0.0698. The van der Waals surface area contributed by atoms with E-state index < -0.39 is 0 Å². The second kappa shape index (κ2) is 7.31. The summed E-state index contributed by atoms with van der Waals surface area (Å²) in [6.45, 7) is 3.99. The molecule has 0 saturated carbocycles. The lowest BCUT2D eigenvalue weighted by Crippen LogP contribution is -2.53. The van der Waals surface area contributed by atoms with Crippen molar-refractivity contribution in [2.45, 2.75) is 19.8 Å². The average molecular weight is 365 g/mol. The number of carbonyl (C=O) groups is 2. The first-order valence-corrected chi connectivity index (χ1v) is 9.25. The number of amides is 3. The van der Waals surface area contributed by atoms with Crippen LogP contribution in [0.4, 0.5) is 16.2 Å². The highest BCUT2D eigenvalue weighted by Gasteiger charge is 2.31. The van der Waals surface area contributed by atoms with Crippen LogP contribution in [0.5, 0.6) is 5.75 Å². The number of anilines is 2. The molecule has 1 saturated heterocycles. The van der Waals surface area contributed by atoms with E-state index in [0.29, 0.717) is 32.0 Å². The second-order valence-corrected chi connectivity index (χ2v) is 7.25. The van der Waals surface area contributed by atoms with Crippen molar-refractivity contribution in [3.63, 3.8) is 0 Å². The Hall–Kier alpha value is -3.02. The molecule has 0 spiro atoms. The standard InChI is InChI=1S/C21H23N3O3/c1-14-2-5-17(6-3-14)22-21(26)24-11-15(12-24)13-27-18-7-8-19-16(10-18)4-9-20(25)23-19/h2-3,5-8,10,15H,4,9,11-13H2,1H3,(H,22,26)(H,23,25). The number of urea groups is 1. The van der Waals surface area contributed by atoms with Gasteiger partial charge in [-0.05, 0) is 49.2 Å². The van der Waals surface area contributed by atoms with Crippen LogP contribution in [-0.2, 0) is 11.2 Å². The molecule has 27 heavy (non-hydrogen) atoms. The van der Waals surface area contributed by atoms with Crippen LogP contribution in [0.25, 0.3) is 0 Å². The van der Waals surface area contributed by atoms with E-state index in [1.807, 2.05) is 49.4 Å². The summed E-state index contributed by atoms with van der Waals surface area (Å²) in [7, 11) is 0. The monoisotopic (exact) mass is 365 g/mol. The van der Waals surface area contributed by atoms with Crippen LogP contribution in [0.15, 0.2) is 42.5 Å². The molecule has 0 bridgehead atoms. The van der Waals surface area contributed by atoms with Gasteiger partial charge in [0, 0.05) is 36.8 Å². The third kappa shape index (κ3) is 4.05. The molecule has 2 aromatic rings. The predicted molar refractivity (Wildman–Crippen MR) is 104 cm³/mol. The Labute approximate surface area is 158 Å². The summed E-state index contributed by atoms with van der Waals surface area (Å²) in [5, 5.41) is 5.78. The van der Waals surface area contributed by atoms with Gasteiger partial charge in [-0.2, -0.15) is 0 Å². The summed E-state index contributed by atoms with van der Waals surface area (Å²) >= 11 is 0. The molecule has 0 unspecified atom stereocenters. The number of carbonyl (C=O) groups excluding carboxylic acids is 2. The molecule has 0 aliphatic carbocycles. The summed E-state index contributed by atoms with van der Waals surface area (Å²) in [4.78, 5) is 25.4. The van der Waals surface area contributed by atoms with Crippen molar-refractivity contribution in [2.75, 3.05) is 30.3 Å². The zero-order valence-electron chi connectivity index (χ0n) is 15.3. The second-order valence-electron chi connectivity index (χ2n) is 7.25. The van der Waals surface area contributed by atoms with Gasteiger partial charge in [0.1, 0.15) is 5.75 Å². The first-order chi connectivity index (χ1) is 13.1. The number of nitrogens with zero attached hydrogens (tertiary/aromatic N) is 1. The van der Waals surface area contributed by atoms with Gasteiger partial charge >= 0.3 is 6.03 Å². The Morgan fingerprint density at radius 1 is 1.19 bits per heavy atom. The predicted octanol–water partition coefficient (Wildman–Crippen LogP) is 3.42. The number of benzene rings is 2. The lowest BCUT2D eigenvalue weighted by atomic mass is 10.0. The highest BCUT2D eigenvalue weighted by Crippen LogP contribution is 2.27. The normalized spacial score (nSPS) is 16.2. The molecule has 1 fully saturated rings. The molecule has 0 atom stereocenters. The number of aryl methyl sites for hydroxylation is 2. The van der Waals surface area contributed by atoms with Gasteiger partial charge in [0.25, 0.3) is 0 Å². The van der Waals surface area contributed by atoms with Crippen molar-refractivity contribution in [3.05, 3.63) is 53.6 Å². The first-order valence-electron chi connectivity index (χ1n) is 9.25. The minimum absolute atomic E-state index is 0.0645. The van der Waals surface area contributed by atoms with Gasteiger partial charge in [-0.1, -0.05) is 17.7 Å². The van der Waals surface area contributed by atoms with E-state index in [2.05, 4.69) is 10.6 Å². The van der Waals surface area contributed by atoms with Crippen LogP contribution in [0.1, 0.15) is 17.5 Å². The molecule has 0 aromatic heterocycles. The highest BCUT2D eigenvalue weighted by molar-refractivity contribution is 5.94. The van der Waals surface area contributed by atoms with Gasteiger partial charge in [0.15, 0.2) is 0 Å². The van der Waals surface area contributed by atoms with Gasteiger partial charge in [-0.25, -0.2) is 4.79 Å². The fourth-order valence-electron chi connectivity index (χ4n) is 3.34. The topological polar surface area (TPSA) is 70.7 Å². The SMILES string of the molecule is Cc1ccc(NC(=O)N2CC(COc3ccc4c(c3)CCC(=O)N4)C2)cc1. The van der Waals surface area contributed by atoms with Gasteiger partial charge in [-0.15, -0.1) is 0 Å². The molecule has 2 aromatic carbocycles. The molecular weight excluding hydrogens is 342 g/mol. The van der Waals surface area contributed by atoms with E-state index in [9.17, 15) is 9.59 Å². The fourth-order valence-corrected chi connectivity index (χ4v) is 3.34. The van der Waals surface area contributed by atoms with Crippen molar-refractivity contribution < 1.29 is 14.3 Å². The maximum atomic E-state index is 12.2. The summed E-state index contributed by atoms with van der Waals surface area (Å²) in [6.07, 6.45) is 1.26. The number of rotatable bonds is 4. The van der Waals surface area contributed by atoms with Crippen molar-refractivity contribution in [2.24, 2.45) is 5.92 Å². The number of hydrogen-bond donors (Lipinski definition) is 2. The van der Waals surface area contributed by atoms with E-state index in [1.165, 1.54) is 5.56 Å². The van der Waals surface area contributed by atoms with Crippen LogP contribution in [0.3, 0.4) is 0 Å². The summed E-state index contributed by atoms with van der Waals surface area (Å²) in [6, 6.07) is 13.5.